The molecule has 0 aromatic carbocycles. The zero-order chi connectivity index (χ0) is 21.9. The molecule has 1 N–H and O–H groups in total. The number of halogens is 2. The number of hydrogen-bond donors (Lipinski definition) is 1. The van der Waals surface area contributed by atoms with Gasteiger partial charge in [0.2, 0.25) is 11.2 Å². The average Bonchev–Trinajstić information content (AvgIpc) is 3.45. The van der Waals surface area contributed by atoms with Crippen LogP contribution in [0.2, 0.25) is 10.4 Å². The summed E-state index contributed by atoms with van der Waals surface area (Å²) in [6.07, 6.45) is 6.13. The molecular formula is C19H18Cl2N8O2. The predicted octanol–water partition coefficient (Wildman–Crippen LogP) is 3.28. The second kappa shape index (κ2) is 7.31. The molecule has 3 amide bonds. The molecule has 1 atom stereocenters. The van der Waals surface area contributed by atoms with Gasteiger partial charge in [-0.05, 0) is 48.9 Å². The van der Waals surface area contributed by atoms with E-state index in [0.29, 0.717) is 28.8 Å². The zero-order valence-corrected chi connectivity index (χ0v) is 18.2. The van der Waals surface area contributed by atoms with Crippen LogP contribution in [-0.2, 0) is 4.79 Å². The number of rotatable bonds is 5. The van der Waals surface area contributed by atoms with Crippen molar-refractivity contribution in [2.24, 2.45) is 0 Å². The lowest BCUT2D eigenvalue weighted by molar-refractivity contribution is -0.123. The van der Waals surface area contributed by atoms with E-state index in [9.17, 15) is 9.59 Å². The summed E-state index contributed by atoms with van der Waals surface area (Å²) in [6.45, 7) is 1.89. The molecule has 2 fully saturated rings. The molecule has 1 aliphatic heterocycles. The van der Waals surface area contributed by atoms with Gasteiger partial charge in [0.15, 0.2) is 16.6 Å². The van der Waals surface area contributed by atoms with Crippen LogP contribution in [0.3, 0.4) is 0 Å². The Kier molecular flexibility index (Phi) is 4.71. The fourth-order valence-electron chi connectivity index (χ4n) is 3.62. The first-order valence-electron chi connectivity index (χ1n) is 9.74. The van der Waals surface area contributed by atoms with E-state index in [1.807, 2.05) is 29.8 Å². The van der Waals surface area contributed by atoms with Gasteiger partial charge < -0.3 is 9.72 Å². The number of nitrogens with one attached hydrogen (secondary N) is 1. The quantitative estimate of drug-likeness (QED) is 0.581. The summed E-state index contributed by atoms with van der Waals surface area (Å²) in [5.41, 5.74) is 3.03. The van der Waals surface area contributed by atoms with Crippen LogP contribution in [0.1, 0.15) is 43.0 Å². The van der Waals surface area contributed by atoms with Crippen LogP contribution in [-0.4, -0.2) is 55.0 Å². The van der Waals surface area contributed by atoms with Crippen molar-refractivity contribution in [3.63, 3.8) is 0 Å². The maximum Gasteiger partial charge on any atom is 0.331 e. The Morgan fingerprint density at radius 1 is 1.16 bits per heavy atom. The van der Waals surface area contributed by atoms with Crippen LogP contribution >= 0.6 is 23.2 Å². The molecule has 1 saturated heterocycles. The molecule has 1 aliphatic carbocycles. The minimum absolute atomic E-state index is 0.00414. The summed E-state index contributed by atoms with van der Waals surface area (Å²) >= 11 is 11.9. The molecule has 0 spiro atoms. The maximum atomic E-state index is 12.6. The smallest absolute Gasteiger partial charge is 0.331 e. The highest BCUT2D eigenvalue weighted by Gasteiger charge is 2.36. The molecule has 0 bridgehead atoms. The Balaban J connectivity index is 1.55. The summed E-state index contributed by atoms with van der Waals surface area (Å²) < 4.78 is 1.90. The number of anilines is 2. The lowest BCUT2D eigenvalue weighted by Crippen LogP contribution is -2.30. The molecule has 160 valence electrons. The van der Waals surface area contributed by atoms with Crippen molar-refractivity contribution in [3.05, 3.63) is 40.2 Å². The van der Waals surface area contributed by atoms with Crippen molar-refractivity contribution in [2.75, 3.05) is 23.8 Å². The number of fused-ring (bicyclic) bond motifs is 1. The molecule has 4 heterocycles. The van der Waals surface area contributed by atoms with Crippen molar-refractivity contribution in [1.82, 2.24) is 29.5 Å². The summed E-state index contributed by atoms with van der Waals surface area (Å²) in [5.74, 6) is 0.514. The Morgan fingerprint density at radius 3 is 2.61 bits per heavy atom. The number of hydrogen-bond acceptors (Lipinski definition) is 7. The first-order valence-corrected chi connectivity index (χ1v) is 10.5. The van der Waals surface area contributed by atoms with Crippen molar-refractivity contribution in [3.8, 4) is 0 Å². The highest BCUT2D eigenvalue weighted by molar-refractivity contribution is 6.32. The first-order chi connectivity index (χ1) is 14.8. The summed E-state index contributed by atoms with van der Waals surface area (Å²) in [4.78, 5) is 36.2. The molecular weight excluding hydrogens is 443 g/mol. The molecule has 31 heavy (non-hydrogen) atoms. The van der Waals surface area contributed by atoms with E-state index < -0.39 is 0 Å². The molecule has 0 radical (unpaired) electrons. The lowest BCUT2D eigenvalue weighted by Gasteiger charge is -2.17. The number of carbonyl (C=O) groups is 2. The Hall–Kier alpha value is -2.98. The average molecular weight is 461 g/mol. The fourth-order valence-corrected chi connectivity index (χ4v) is 3.87. The second-order valence-corrected chi connectivity index (χ2v) is 8.43. The number of pyridine rings is 1. The number of imide groups is 1. The molecule has 3 aromatic heterocycles. The molecule has 10 nitrogen and oxygen atoms in total. The summed E-state index contributed by atoms with van der Waals surface area (Å²) in [5, 5.41) is 10.6. The lowest BCUT2D eigenvalue weighted by atomic mass is 10.1. The molecule has 0 unspecified atom stereocenters. The van der Waals surface area contributed by atoms with Gasteiger partial charge in [0.05, 0.1) is 17.4 Å². The van der Waals surface area contributed by atoms with E-state index in [-0.39, 0.29) is 35.0 Å². The van der Waals surface area contributed by atoms with E-state index in [2.05, 4.69) is 20.5 Å². The number of urea groups is 1. The SMILES string of the molecule is C[C@@H](Nc1nc(Cl)nnc1Cl)c1cn2cc(C3CC3)cc(N3CC(=O)N(C)C3=O)c2n1. The van der Waals surface area contributed by atoms with Gasteiger partial charge in [0.25, 0.3) is 0 Å². The third-order valence-corrected chi connectivity index (χ3v) is 5.93. The maximum absolute atomic E-state index is 12.6. The Labute approximate surface area is 187 Å². The van der Waals surface area contributed by atoms with E-state index in [0.717, 1.165) is 23.3 Å². The monoisotopic (exact) mass is 460 g/mol. The van der Waals surface area contributed by atoms with Gasteiger partial charge >= 0.3 is 6.03 Å². The van der Waals surface area contributed by atoms with Crippen molar-refractivity contribution in [2.45, 2.75) is 31.7 Å². The van der Waals surface area contributed by atoms with Crippen LogP contribution in [0, 0.1) is 0 Å². The second-order valence-electron chi connectivity index (χ2n) is 7.74. The normalized spacial score (nSPS) is 17.7. The van der Waals surface area contributed by atoms with Gasteiger partial charge in [0.1, 0.15) is 6.54 Å². The van der Waals surface area contributed by atoms with Crippen LogP contribution < -0.4 is 10.2 Å². The fraction of sp³-hybridized carbons (Fsp3) is 0.368. The van der Waals surface area contributed by atoms with Gasteiger partial charge in [-0.15, -0.1) is 10.2 Å². The minimum Gasteiger partial charge on any atom is -0.359 e. The predicted molar refractivity (Wildman–Crippen MR) is 115 cm³/mol. The number of nitrogens with zero attached hydrogens (tertiary/aromatic N) is 7. The van der Waals surface area contributed by atoms with E-state index in [1.54, 1.807) is 0 Å². The van der Waals surface area contributed by atoms with Gasteiger partial charge in [-0.25, -0.2) is 9.78 Å². The Bertz CT molecular complexity index is 1230. The third-order valence-electron chi connectivity index (χ3n) is 5.51. The van der Waals surface area contributed by atoms with Gasteiger partial charge in [-0.3, -0.25) is 14.6 Å². The number of imidazole rings is 1. The molecule has 5 rings (SSSR count). The van der Waals surface area contributed by atoms with Crippen molar-refractivity contribution < 1.29 is 9.59 Å². The van der Waals surface area contributed by atoms with Gasteiger partial charge in [-0.2, -0.15) is 4.98 Å². The topological polar surface area (TPSA) is 109 Å². The standard InChI is InChI=1S/C19H18Cl2N8O2/c1-9(22-16-15(20)25-26-18(21)24-16)12-7-28-6-11(10-3-4-10)5-13(17(28)23-12)29-8-14(30)27(2)19(29)31/h5-7,9-10H,3-4,8H2,1-2H3,(H,22,24,26)/t9-/m1/s1. The van der Waals surface area contributed by atoms with Crippen LogP contribution in [0.25, 0.3) is 5.65 Å². The van der Waals surface area contributed by atoms with Crippen LogP contribution in [0.15, 0.2) is 18.5 Å². The van der Waals surface area contributed by atoms with E-state index in [1.165, 1.54) is 11.9 Å². The van der Waals surface area contributed by atoms with Crippen molar-refractivity contribution in [1.29, 1.82) is 0 Å². The number of aromatic nitrogens is 5. The first kappa shape index (κ1) is 20.0. The zero-order valence-electron chi connectivity index (χ0n) is 16.7. The summed E-state index contributed by atoms with van der Waals surface area (Å²) in [6, 6.07) is 1.32. The largest absolute Gasteiger partial charge is 0.359 e. The van der Waals surface area contributed by atoms with E-state index in [4.69, 9.17) is 28.2 Å². The van der Waals surface area contributed by atoms with E-state index >= 15 is 0 Å². The number of likely N-dealkylation sites (N-methyl/N-ethyl adjacent to an activating group) is 1. The highest BCUT2D eigenvalue weighted by atomic mass is 35.5. The molecule has 3 aromatic rings. The summed E-state index contributed by atoms with van der Waals surface area (Å²) in [7, 11) is 1.49. The molecule has 12 heteroatoms. The molecule has 2 aliphatic rings. The third kappa shape index (κ3) is 3.55. The van der Waals surface area contributed by atoms with Crippen LogP contribution in [0.4, 0.5) is 16.3 Å². The molecule has 1 saturated carbocycles. The van der Waals surface area contributed by atoms with Crippen molar-refractivity contribution >= 4 is 52.3 Å². The number of amides is 3. The number of carbonyl (C=O) groups excluding carboxylic acids is 2. The Morgan fingerprint density at radius 2 is 1.94 bits per heavy atom. The van der Waals surface area contributed by atoms with Gasteiger partial charge in [-0.1, -0.05) is 11.6 Å². The van der Waals surface area contributed by atoms with Crippen LogP contribution in [0.5, 0.6) is 0 Å². The minimum atomic E-state index is -0.357. The highest BCUT2D eigenvalue weighted by Crippen LogP contribution is 2.42. The van der Waals surface area contributed by atoms with Gasteiger partial charge in [0, 0.05) is 19.4 Å².